The monoisotopic (exact) mass is 414 g/mol. The molecule has 0 atom stereocenters. The first kappa shape index (κ1) is 20.1. The largest absolute Gasteiger partial charge is 0.369 e. The summed E-state index contributed by atoms with van der Waals surface area (Å²) in [5.41, 5.74) is 5.81. The summed E-state index contributed by atoms with van der Waals surface area (Å²) < 4.78 is 0. The van der Waals surface area contributed by atoms with Gasteiger partial charge in [-0.2, -0.15) is 0 Å². The summed E-state index contributed by atoms with van der Waals surface area (Å²) in [6, 6.07) is 9.22. The van der Waals surface area contributed by atoms with Crippen LogP contribution in [0, 0.1) is 30.4 Å². The van der Waals surface area contributed by atoms with Crippen molar-refractivity contribution in [3.63, 3.8) is 0 Å². The Labute approximate surface area is 178 Å². The Morgan fingerprint density at radius 1 is 1.10 bits per heavy atom. The maximum Gasteiger partial charge on any atom is 0.287 e. The van der Waals surface area contributed by atoms with Crippen molar-refractivity contribution in [3.05, 3.63) is 88.7 Å². The van der Waals surface area contributed by atoms with Crippen LogP contribution in [-0.4, -0.2) is 36.4 Å². The smallest absolute Gasteiger partial charge is 0.287 e. The fraction of sp³-hybridized carbons (Fsp3) is 0.136. The maximum absolute atomic E-state index is 10.7. The van der Waals surface area contributed by atoms with E-state index in [-0.39, 0.29) is 5.69 Å². The molecule has 0 saturated heterocycles. The van der Waals surface area contributed by atoms with E-state index in [0.29, 0.717) is 18.2 Å². The molecule has 2 N–H and O–H groups in total. The lowest BCUT2D eigenvalue weighted by Crippen LogP contribution is -2.08. The normalized spacial score (nSPS) is 10.8. The molecule has 0 aliphatic rings. The van der Waals surface area contributed by atoms with Crippen LogP contribution in [0.15, 0.2) is 55.2 Å². The van der Waals surface area contributed by atoms with E-state index in [1.807, 2.05) is 6.42 Å². The molecular formula is C22H20N7O2. The quantitative estimate of drug-likeness (QED) is 0.344. The zero-order valence-electron chi connectivity index (χ0n) is 17.0. The fourth-order valence-corrected chi connectivity index (χ4v) is 3.22. The number of aryl methyl sites for hydroxylation is 2. The first-order valence-corrected chi connectivity index (χ1v) is 9.62. The molecule has 0 saturated carbocycles. The van der Waals surface area contributed by atoms with Crippen LogP contribution in [0.3, 0.4) is 0 Å². The number of aromatic amines is 1. The predicted molar refractivity (Wildman–Crippen MR) is 117 cm³/mol. The molecule has 4 rings (SSSR count). The van der Waals surface area contributed by atoms with Crippen LogP contribution in [-0.2, 0) is 0 Å². The van der Waals surface area contributed by atoms with E-state index in [2.05, 4.69) is 57.3 Å². The third-order valence-electron chi connectivity index (χ3n) is 4.76. The van der Waals surface area contributed by atoms with Gasteiger partial charge in [0.2, 0.25) is 0 Å². The van der Waals surface area contributed by atoms with Crippen molar-refractivity contribution < 1.29 is 4.92 Å². The Balaban J connectivity index is 1.57. The molecule has 3 aromatic heterocycles. The highest BCUT2D eigenvalue weighted by Crippen LogP contribution is 2.31. The number of H-pyrrole nitrogens is 1. The van der Waals surface area contributed by atoms with Gasteiger partial charge in [0.25, 0.3) is 5.69 Å². The molecule has 1 radical (unpaired) electrons. The third kappa shape index (κ3) is 4.55. The lowest BCUT2D eigenvalue weighted by molar-refractivity contribution is -0.385. The van der Waals surface area contributed by atoms with Crippen molar-refractivity contribution in [2.24, 2.45) is 0 Å². The summed E-state index contributed by atoms with van der Waals surface area (Å²) >= 11 is 0. The van der Waals surface area contributed by atoms with Gasteiger partial charge < -0.3 is 10.3 Å². The van der Waals surface area contributed by atoms with Gasteiger partial charge in [0.1, 0.15) is 17.8 Å². The molecule has 0 aliphatic heterocycles. The summed E-state index contributed by atoms with van der Waals surface area (Å²) in [6.45, 7) is 4.54. The van der Waals surface area contributed by atoms with Crippen molar-refractivity contribution in [2.75, 3.05) is 11.9 Å². The first-order chi connectivity index (χ1) is 15.0. The summed E-state index contributed by atoms with van der Waals surface area (Å²) in [7, 11) is 0. The van der Waals surface area contributed by atoms with Gasteiger partial charge in [-0.15, -0.1) is 0 Å². The molecule has 0 bridgehead atoms. The molecular weight excluding hydrogens is 394 g/mol. The third-order valence-corrected chi connectivity index (χ3v) is 4.76. The minimum atomic E-state index is -0.480. The van der Waals surface area contributed by atoms with E-state index < -0.39 is 4.92 Å². The van der Waals surface area contributed by atoms with Crippen molar-refractivity contribution in [1.82, 2.24) is 24.9 Å². The van der Waals surface area contributed by atoms with E-state index >= 15 is 0 Å². The molecule has 0 amide bonds. The standard InChI is InChI=1S/C22H20N7O2/c1-14-3-5-17(15(2)9-14)22-18(19-12-23-13-27-19)11-26-21(28-22)7-8-24-20-6-4-16(10-25-20)29(30)31/h3-7,9-13H,8H2,1-2H3,(H,23,27)(H,24,25). The second-order valence-corrected chi connectivity index (χ2v) is 7.02. The molecule has 31 heavy (non-hydrogen) atoms. The van der Waals surface area contributed by atoms with Crippen LogP contribution in [0.2, 0.25) is 0 Å². The molecule has 0 spiro atoms. The van der Waals surface area contributed by atoms with Gasteiger partial charge in [-0.05, 0) is 25.5 Å². The van der Waals surface area contributed by atoms with E-state index in [4.69, 9.17) is 4.98 Å². The summed E-state index contributed by atoms with van der Waals surface area (Å²) in [6.07, 6.45) is 8.22. The van der Waals surface area contributed by atoms with Crippen LogP contribution in [0.25, 0.3) is 22.5 Å². The number of rotatable bonds is 7. The van der Waals surface area contributed by atoms with Crippen molar-refractivity contribution in [3.8, 4) is 22.5 Å². The molecule has 9 heteroatoms. The van der Waals surface area contributed by atoms with Crippen LogP contribution in [0.1, 0.15) is 17.0 Å². The van der Waals surface area contributed by atoms with Crippen LogP contribution in [0.5, 0.6) is 0 Å². The lowest BCUT2D eigenvalue weighted by atomic mass is 9.99. The van der Waals surface area contributed by atoms with Gasteiger partial charge in [0.05, 0.1) is 28.8 Å². The minimum Gasteiger partial charge on any atom is -0.369 e. The second-order valence-electron chi connectivity index (χ2n) is 7.02. The average molecular weight is 414 g/mol. The van der Waals surface area contributed by atoms with Crippen LogP contribution < -0.4 is 5.32 Å². The van der Waals surface area contributed by atoms with E-state index in [0.717, 1.165) is 28.1 Å². The number of anilines is 1. The molecule has 3 heterocycles. The number of benzene rings is 1. The predicted octanol–water partition coefficient (Wildman–Crippen LogP) is 4.12. The molecule has 9 nitrogen and oxygen atoms in total. The van der Waals surface area contributed by atoms with Crippen molar-refractivity contribution in [2.45, 2.75) is 13.8 Å². The molecule has 4 aromatic rings. The van der Waals surface area contributed by atoms with Crippen LogP contribution >= 0.6 is 0 Å². The Morgan fingerprint density at radius 3 is 2.65 bits per heavy atom. The molecule has 1 aromatic carbocycles. The number of imidazole rings is 1. The van der Waals surface area contributed by atoms with Gasteiger partial charge in [-0.1, -0.05) is 23.8 Å². The van der Waals surface area contributed by atoms with Crippen molar-refractivity contribution in [1.29, 1.82) is 0 Å². The van der Waals surface area contributed by atoms with Gasteiger partial charge in [-0.3, -0.25) is 10.1 Å². The Bertz CT molecular complexity index is 1210. The average Bonchev–Trinajstić information content (AvgIpc) is 3.29. The van der Waals surface area contributed by atoms with Gasteiger partial charge in [0, 0.05) is 36.4 Å². The van der Waals surface area contributed by atoms with Crippen LogP contribution in [0.4, 0.5) is 11.5 Å². The van der Waals surface area contributed by atoms with E-state index in [9.17, 15) is 10.1 Å². The Hall–Kier alpha value is -4.14. The zero-order chi connectivity index (χ0) is 21.8. The first-order valence-electron chi connectivity index (χ1n) is 9.62. The van der Waals surface area contributed by atoms with Gasteiger partial charge >= 0.3 is 0 Å². The molecule has 0 fully saturated rings. The Kier molecular flexibility index (Phi) is 5.65. The van der Waals surface area contributed by atoms with Gasteiger partial charge in [-0.25, -0.2) is 19.9 Å². The number of nitro groups is 1. The zero-order valence-corrected chi connectivity index (χ0v) is 17.0. The number of hydrogen-bond acceptors (Lipinski definition) is 7. The second kappa shape index (κ2) is 8.70. The summed E-state index contributed by atoms with van der Waals surface area (Å²) in [4.78, 5) is 30.8. The minimum absolute atomic E-state index is 0.0506. The van der Waals surface area contributed by atoms with E-state index in [1.165, 1.54) is 17.8 Å². The number of aromatic nitrogens is 5. The summed E-state index contributed by atoms with van der Waals surface area (Å²) in [5, 5.41) is 13.8. The van der Waals surface area contributed by atoms with E-state index in [1.54, 1.807) is 24.8 Å². The highest BCUT2D eigenvalue weighted by atomic mass is 16.6. The SMILES string of the molecule is Cc1ccc(-c2nc([CH]CNc3ccc([N+](=O)[O-])cn3)ncc2-c2cnc[nH]2)c(C)c1. The van der Waals surface area contributed by atoms with Crippen molar-refractivity contribution >= 4 is 11.5 Å². The topological polar surface area (TPSA) is 123 Å². The fourth-order valence-electron chi connectivity index (χ4n) is 3.22. The number of hydrogen-bond donors (Lipinski definition) is 2. The highest BCUT2D eigenvalue weighted by molar-refractivity contribution is 5.80. The number of pyridine rings is 1. The number of nitrogens with zero attached hydrogens (tertiary/aromatic N) is 5. The molecule has 155 valence electrons. The maximum atomic E-state index is 10.7. The highest BCUT2D eigenvalue weighted by Gasteiger charge is 2.15. The molecule has 0 unspecified atom stereocenters. The van der Waals surface area contributed by atoms with Gasteiger partial charge in [0.15, 0.2) is 0 Å². The number of nitrogens with one attached hydrogen (secondary N) is 2. The summed E-state index contributed by atoms with van der Waals surface area (Å²) in [5.74, 6) is 1.10. The molecule has 0 aliphatic carbocycles. The Morgan fingerprint density at radius 2 is 1.97 bits per heavy atom. The lowest BCUT2D eigenvalue weighted by Gasteiger charge is -2.12.